The molecule has 0 aromatic carbocycles. The first kappa shape index (κ1) is 15.1. The number of hydrogen-bond acceptors (Lipinski definition) is 4. The van der Waals surface area contributed by atoms with Crippen LogP contribution in [0.15, 0.2) is 18.3 Å². The Hall–Kier alpha value is -1.82. The van der Waals surface area contributed by atoms with Crippen LogP contribution in [0.3, 0.4) is 0 Å². The van der Waals surface area contributed by atoms with Crippen LogP contribution in [0.25, 0.3) is 0 Å². The van der Waals surface area contributed by atoms with E-state index in [0.29, 0.717) is 18.5 Å². The summed E-state index contributed by atoms with van der Waals surface area (Å²) in [7, 11) is 1.59. The number of methoxy groups -OCH3 is 1. The molecule has 2 saturated heterocycles. The molecular weight excluding hydrogens is 280 g/mol. The number of amides is 2. The molecule has 2 fully saturated rings. The van der Waals surface area contributed by atoms with E-state index in [-0.39, 0.29) is 12.1 Å². The average molecular weight is 304 g/mol. The maximum absolute atomic E-state index is 12.1. The molecule has 2 aliphatic heterocycles. The molecule has 1 aromatic rings. The summed E-state index contributed by atoms with van der Waals surface area (Å²) in [5.41, 5.74) is 0.880. The second-order valence-corrected chi connectivity index (χ2v) is 5.99. The fourth-order valence-corrected chi connectivity index (χ4v) is 3.55. The van der Waals surface area contributed by atoms with Crippen molar-refractivity contribution in [2.24, 2.45) is 0 Å². The molecule has 0 saturated carbocycles. The van der Waals surface area contributed by atoms with E-state index < -0.39 is 0 Å². The molecule has 0 spiro atoms. The predicted octanol–water partition coefficient (Wildman–Crippen LogP) is 1.52. The molecule has 0 unspecified atom stereocenters. The maximum atomic E-state index is 12.1. The lowest BCUT2D eigenvalue weighted by Gasteiger charge is -2.32. The van der Waals surface area contributed by atoms with E-state index in [4.69, 9.17) is 4.74 Å². The van der Waals surface area contributed by atoms with Crippen LogP contribution in [0.4, 0.5) is 4.79 Å². The first-order chi connectivity index (χ1) is 10.8. The van der Waals surface area contributed by atoms with E-state index in [9.17, 15) is 4.79 Å². The van der Waals surface area contributed by atoms with Crippen LogP contribution in [0.5, 0.6) is 5.88 Å². The molecule has 120 valence electrons. The highest BCUT2D eigenvalue weighted by Gasteiger charge is 2.36. The van der Waals surface area contributed by atoms with Gasteiger partial charge in [-0.3, -0.25) is 4.90 Å². The van der Waals surface area contributed by atoms with Gasteiger partial charge in [0.25, 0.3) is 0 Å². The van der Waals surface area contributed by atoms with Crippen molar-refractivity contribution in [2.75, 3.05) is 20.2 Å². The van der Waals surface area contributed by atoms with Crippen molar-refractivity contribution in [3.8, 4) is 5.88 Å². The molecule has 2 amide bonds. The van der Waals surface area contributed by atoms with Crippen molar-refractivity contribution in [3.05, 3.63) is 23.9 Å². The molecule has 3 heterocycles. The second kappa shape index (κ2) is 6.96. The van der Waals surface area contributed by atoms with Crippen LogP contribution in [-0.4, -0.2) is 48.2 Å². The lowest BCUT2D eigenvalue weighted by atomic mass is 9.99. The highest BCUT2D eigenvalue weighted by Crippen LogP contribution is 2.27. The van der Waals surface area contributed by atoms with E-state index in [0.717, 1.165) is 18.5 Å². The van der Waals surface area contributed by atoms with Gasteiger partial charge in [-0.25, -0.2) is 9.78 Å². The molecule has 2 atom stereocenters. The van der Waals surface area contributed by atoms with E-state index in [1.165, 1.54) is 25.8 Å². The third-order valence-corrected chi connectivity index (χ3v) is 4.66. The molecule has 2 N–H and O–H groups in total. The van der Waals surface area contributed by atoms with E-state index in [2.05, 4.69) is 20.5 Å². The van der Waals surface area contributed by atoms with Gasteiger partial charge in [0.2, 0.25) is 5.88 Å². The number of piperidine rings is 1. The van der Waals surface area contributed by atoms with E-state index in [1.54, 1.807) is 13.3 Å². The molecule has 22 heavy (non-hydrogen) atoms. The summed E-state index contributed by atoms with van der Waals surface area (Å²) in [5.74, 6) is 0.558. The SMILES string of the molecule is COc1ncccc1CNC(=O)N[C@@H]1CCN2CCCC[C@H]12. The van der Waals surface area contributed by atoms with Gasteiger partial charge < -0.3 is 15.4 Å². The zero-order valence-corrected chi connectivity index (χ0v) is 13.0. The molecule has 2 aliphatic rings. The number of aromatic nitrogens is 1. The Kier molecular flexibility index (Phi) is 4.77. The van der Waals surface area contributed by atoms with Gasteiger partial charge in [-0.05, 0) is 31.9 Å². The summed E-state index contributed by atoms with van der Waals surface area (Å²) in [6, 6.07) is 4.44. The smallest absolute Gasteiger partial charge is 0.315 e. The monoisotopic (exact) mass is 304 g/mol. The van der Waals surface area contributed by atoms with E-state index >= 15 is 0 Å². The second-order valence-electron chi connectivity index (χ2n) is 5.99. The maximum Gasteiger partial charge on any atom is 0.315 e. The number of nitrogens with zero attached hydrogens (tertiary/aromatic N) is 2. The zero-order valence-electron chi connectivity index (χ0n) is 13.0. The minimum atomic E-state index is -0.108. The number of carbonyl (C=O) groups is 1. The van der Waals surface area contributed by atoms with Gasteiger partial charge >= 0.3 is 6.03 Å². The fraction of sp³-hybridized carbons (Fsp3) is 0.625. The number of pyridine rings is 1. The first-order valence-electron chi connectivity index (χ1n) is 8.04. The molecule has 0 bridgehead atoms. The molecule has 3 rings (SSSR count). The zero-order chi connectivity index (χ0) is 15.4. The largest absolute Gasteiger partial charge is 0.481 e. The van der Waals surface area contributed by atoms with Crippen LogP contribution < -0.4 is 15.4 Å². The Labute approximate surface area is 131 Å². The summed E-state index contributed by atoms with van der Waals surface area (Å²) < 4.78 is 5.19. The van der Waals surface area contributed by atoms with Gasteiger partial charge in [0.05, 0.1) is 7.11 Å². The lowest BCUT2D eigenvalue weighted by Crippen LogP contribution is -2.49. The minimum absolute atomic E-state index is 0.108. The van der Waals surface area contributed by atoms with Gasteiger partial charge in [0.1, 0.15) is 0 Å². The summed E-state index contributed by atoms with van der Waals surface area (Å²) in [6.07, 6.45) is 6.48. The Balaban J connectivity index is 1.50. The molecule has 6 nitrogen and oxygen atoms in total. The van der Waals surface area contributed by atoms with Gasteiger partial charge in [-0.2, -0.15) is 0 Å². The molecule has 1 aromatic heterocycles. The summed E-state index contributed by atoms with van der Waals surface area (Å²) in [5, 5.41) is 6.04. The Morgan fingerprint density at radius 3 is 3.18 bits per heavy atom. The Morgan fingerprint density at radius 2 is 2.32 bits per heavy atom. The topological polar surface area (TPSA) is 66.5 Å². The molecule has 0 aliphatic carbocycles. The van der Waals surface area contributed by atoms with Crippen LogP contribution in [0, 0.1) is 0 Å². The van der Waals surface area contributed by atoms with E-state index in [1.807, 2.05) is 12.1 Å². The number of ether oxygens (including phenoxy) is 1. The number of hydrogen-bond donors (Lipinski definition) is 2. The van der Waals surface area contributed by atoms with Crippen molar-refractivity contribution >= 4 is 6.03 Å². The third-order valence-electron chi connectivity index (χ3n) is 4.66. The summed E-state index contributed by atoms with van der Waals surface area (Å²) in [6.45, 7) is 2.70. The van der Waals surface area contributed by atoms with Crippen molar-refractivity contribution < 1.29 is 9.53 Å². The predicted molar refractivity (Wildman–Crippen MR) is 83.8 cm³/mol. The van der Waals surface area contributed by atoms with Crippen molar-refractivity contribution in [1.82, 2.24) is 20.5 Å². The number of rotatable bonds is 4. The van der Waals surface area contributed by atoms with Crippen LogP contribution >= 0.6 is 0 Å². The quantitative estimate of drug-likeness (QED) is 0.885. The standard InChI is InChI=1S/C16H24N4O2/c1-22-15-12(5-4-8-17-15)11-18-16(21)19-13-7-10-20-9-3-2-6-14(13)20/h4-5,8,13-14H,2-3,6-7,9-11H2,1H3,(H2,18,19,21)/t13-,14-/m1/s1. The number of fused-ring (bicyclic) bond motifs is 1. The van der Waals surface area contributed by atoms with Gasteiger partial charge in [0, 0.05) is 36.9 Å². The first-order valence-corrected chi connectivity index (χ1v) is 8.04. The van der Waals surface area contributed by atoms with Crippen molar-refractivity contribution in [3.63, 3.8) is 0 Å². The third kappa shape index (κ3) is 3.32. The Bertz CT molecular complexity index is 523. The highest BCUT2D eigenvalue weighted by molar-refractivity contribution is 5.74. The summed E-state index contributed by atoms with van der Waals surface area (Å²) >= 11 is 0. The minimum Gasteiger partial charge on any atom is -0.481 e. The van der Waals surface area contributed by atoms with Crippen molar-refractivity contribution in [1.29, 1.82) is 0 Å². The summed E-state index contributed by atoms with van der Waals surface area (Å²) in [4.78, 5) is 18.8. The number of carbonyl (C=O) groups excluding carboxylic acids is 1. The number of urea groups is 1. The lowest BCUT2D eigenvalue weighted by molar-refractivity contribution is 0.179. The van der Waals surface area contributed by atoms with Crippen molar-refractivity contribution in [2.45, 2.75) is 44.3 Å². The van der Waals surface area contributed by atoms with Gasteiger partial charge in [-0.1, -0.05) is 12.5 Å². The van der Waals surface area contributed by atoms with Gasteiger partial charge in [-0.15, -0.1) is 0 Å². The molecule has 0 radical (unpaired) electrons. The van der Waals surface area contributed by atoms with Crippen LogP contribution in [0.2, 0.25) is 0 Å². The number of nitrogens with one attached hydrogen (secondary N) is 2. The molecule has 6 heteroatoms. The van der Waals surface area contributed by atoms with Crippen LogP contribution in [-0.2, 0) is 6.54 Å². The highest BCUT2D eigenvalue weighted by atomic mass is 16.5. The van der Waals surface area contributed by atoms with Crippen LogP contribution in [0.1, 0.15) is 31.2 Å². The fourth-order valence-electron chi connectivity index (χ4n) is 3.55. The Morgan fingerprint density at radius 1 is 1.41 bits per heavy atom. The van der Waals surface area contributed by atoms with Gasteiger partial charge in [0.15, 0.2) is 0 Å². The average Bonchev–Trinajstić information content (AvgIpc) is 2.96. The molecular formula is C16H24N4O2. The normalized spacial score (nSPS) is 24.6.